The van der Waals surface area contributed by atoms with Gasteiger partial charge in [-0.05, 0) is 64.4 Å². The van der Waals surface area contributed by atoms with Crippen LogP contribution in [0.15, 0.2) is 0 Å². The van der Waals surface area contributed by atoms with Gasteiger partial charge in [0.15, 0.2) is 5.82 Å². The number of amides is 1. The third-order valence-corrected chi connectivity index (χ3v) is 7.42. The lowest BCUT2D eigenvalue weighted by Crippen LogP contribution is -3.11. The Kier molecular flexibility index (Phi) is 6.04. The molecule has 1 aliphatic carbocycles. The van der Waals surface area contributed by atoms with Gasteiger partial charge in [0, 0.05) is 17.5 Å². The number of rotatable bonds is 5. The maximum Gasteiger partial charge on any atom is 0.239 e. The number of likely N-dealkylation sites (tertiary alicyclic amines) is 1. The smallest absolute Gasteiger partial charge is 0.239 e. The molecule has 1 fully saturated rings. The van der Waals surface area contributed by atoms with E-state index in [0.717, 1.165) is 41.8 Å². The number of piperidine rings is 1. The van der Waals surface area contributed by atoms with Crippen LogP contribution < -0.4 is 15.1 Å². The van der Waals surface area contributed by atoms with E-state index in [1.807, 2.05) is 44.1 Å². The van der Waals surface area contributed by atoms with Gasteiger partial charge < -0.3 is 15.1 Å². The van der Waals surface area contributed by atoms with Gasteiger partial charge in [0.1, 0.15) is 17.2 Å². The molecule has 2 N–H and O–H groups in total. The molecule has 0 atom stereocenters. The quantitative estimate of drug-likeness (QED) is 0.764. The fourth-order valence-electron chi connectivity index (χ4n) is 4.69. The van der Waals surface area contributed by atoms with Crippen LogP contribution in [0.5, 0.6) is 0 Å². The molecule has 0 radical (unpaired) electrons. The summed E-state index contributed by atoms with van der Waals surface area (Å²) in [5, 5.41) is 4.26. The highest BCUT2D eigenvalue weighted by atomic mass is 32.1. The Bertz CT molecular complexity index is 924. The number of fused-ring (bicyclic) bond motifs is 3. The molecule has 0 spiro atoms. The molecule has 164 valence electrons. The molecule has 4 rings (SSSR count). The molecular weight excluding hydrogens is 394 g/mol. The largest absolute Gasteiger partial charge is 0.350 e. The van der Waals surface area contributed by atoms with Crippen LogP contribution in [0.3, 0.4) is 0 Å². The van der Waals surface area contributed by atoms with Crippen molar-refractivity contribution in [1.29, 1.82) is 0 Å². The molecule has 1 saturated heterocycles. The molecule has 7 heteroatoms. The second kappa shape index (κ2) is 8.42. The Morgan fingerprint density at radius 2 is 1.97 bits per heavy atom. The van der Waals surface area contributed by atoms with Gasteiger partial charge in [-0.15, -0.1) is 11.3 Å². The lowest BCUT2D eigenvalue weighted by Gasteiger charge is -2.27. The highest BCUT2D eigenvalue weighted by Gasteiger charge is 2.27. The minimum Gasteiger partial charge on any atom is -0.350 e. The summed E-state index contributed by atoms with van der Waals surface area (Å²) in [6.45, 7) is 12.0. The molecule has 30 heavy (non-hydrogen) atoms. The number of aromatic nitrogens is 2. The van der Waals surface area contributed by atoms with Crippen molar-refractivity contribution >= 4 is 33.3 Å². The Balaban J connectivity index is 1.63. The zero-order chi connectivity index (χ0) is 21.5. The van der Waals surface area contributed by atoms with Crippen LogP contribution in [0, 0.1) is 5.92 Å². The molecule has 2 aliphatic rings. The molecule has 2 aromatic rings. The summed E-state index contributed by atoms with van der Waals surface area (Å²) in [6, 6.07) is 0. The molecule has 6 nitrogen and oxygen atoms in total. The molecule has 0 bridgehead atoms. The van der Waals surface area contributed by atoms with Gasteiger partial charge in [0.05, 0.1) is 25.0 Å². The highest BCUT2D eigenvalue weighted by Crippen LogP contribution is 2.40. The van der Waals surface area contributed by atoms with Crippen molar-refractivity contribution in [2.24, 2.45) is 5.92 Å². The molecule has 0 unspecified atom stereocenters. The van der Waals surface area contributed by atoms with Crippen LogP contribution in [-0.2, 0) is 24.2 Å². The minimum atomic E-state index is -0.234. The number of nitrogens with zero attached hydrogens (tertiary/aromatic N) is 3. The summed E-state index contributed by atoms with van der Waals surface area (Å²) in [5.74, 6) is 2.72. The summed E-state index contributed by atoms with van der Waals surface area (Å²) < 4.78 is 0. The fourth-order valence-corrected chi connectivity index (χ4v) is 5.97. The predicted molar refractivity (Wildman–Crippen MR) is 123 cm³/mol. The summed E-state index contributed by atoms with van der Waals surface area (Å²) >= 11 is 1.84. The van der Waals surface area contributed by atoms with Gasteiger partial charge in [-0.2, -0.15) is 0 Å². The van der Waals surface area contributed by atoms with Crippen LogP contribution in [0.4, 0.5) is 5.82 Å². The van der Waals surface area contributed by atoms with Gasteiger partial charge in [0.25, 0.3) is 0 Å². The van der Waals surface area contributed by atoms with E-state index in [4.69, 9.17) is 9.97 Å². The summed E-state index contributed by atoms with van der Waals surface area (Å²) in [6.07, 6.45) is 6.02. The fraction of sp³-hybridized carbons (Fsp3) is 0.696. The number of thiophene rings is 1. The van der Waals surface area contributed by atoms with E-state index in [1.54, 1.807) is 4.90 Å². The second-order valence-corrected chi connectivity index (χ2v) is 11.3. The van der Waals surface area contributed by atoms with Gasteiger partial charge in [-0.3, -0.25) is 4.79 Å². The maximum absolute atomic E-state index is 12.6. The number of hydrogen-bond donors (Lipinski definition) is 2. The van der Waals surface area contributed by atoms with Crippen molar-refractivity contribution in [3.63, 3.8) is 0 Å². The summed E-state index contributed by atoms with van der Waals surface area (Å²) in [4.78, 5) is 28.8. The number of quaternary nitrogens is 1. The first-order valence-electron chi connectivity index (χ1n) is 11.4. The van der Waals surface area contributed by atoms with E-state index >= 15 is 0 Å². The topological polar surface area (TPSA) is 62.6 Å². The van der Waals surface area contributed by atoms with Gasteiger partial charge in [0.2, 0.25) is 5.91 Å². The molecular formula is C23H36N5OS+. The van der Waals surface area contributed by atoms with E-state index in [0.29, 0.717) is 6.54 Å². The van der Waals surface area contributed by atoms with E-state index in [-0.39, 0.29) is 11.4 Å². The lowest BCUT2D eigenvalue weighted by molar-refractivity contribution is -0.920. The van der Waals surface area contributed by atoms with Crippen LogP contribution in [0.1, 0.15) is 63.2 Å². The van der Waals surface area contributed by atoms with Crippen LogP contribution in [-0.4, -0.2) is 48.1 Å². The molecule has 2 aromatic heterocycles. The monoisotopic (exact) mass is 430 g/mol. The van der Waals surface area contributed by atoms with Crippen molar-refractivity contribution in [3.8, 4) is 0 Å². The molecule has 3 heterocycles. The first kappa shape index (κ1) is 21.5. The minimum absolute atomic E-state index is 0.0285. The van der Waals surface area contributed by atoms with Crippen LogP contribution in [0.2, 0.25) is 0 Å². The first-order valence-corrected chi connectivity index (χ1v) is 12.2. The van der Waals surface area contributed by atoms with E-state index < -0.39 is 0 Å². The number of carbonyl (C=O) groups excluding carboxylic acids is 1. The van der Waals surface area contributed by atoms with Crippen LogP contribution in [0.25, 0.3) is 10.2 Å². The SMILES string of the molecule is CC1CC[NH+](Cc2nc(N(C)CC(=O)NC(C)(C)C)c3c4c(sc3n2)CCC4)CC1. The molecule has 0 saturated carbocycles. The Hall–Kier alpha value is -1.73. The number of likely N-dealkylation sites (N-methyl/N-ethyl adjacent to an activating group) is 1. The van der Waals surface area contributed by atoms with Gasteiger partial charge in [-0.1, -0.05) is 6.92 Å². The molecule has 1 amide bonds. The number of aryl methyl sites for hydroxylation is 2. The first-order chi connectivity index (χ1) is 14.2. The number of anilines is 1. The third-order valence-electron chi connectivity index (χ3n) is 6.24. The Morgan fingerprint density at radius 3 is 2.67 bits per heavy atom. The van der Waals surface area contributed by atoms with Gasteiger partial charge >= 0.3 is 0 Å². The Morgan fingerprint density at radius 1 is 1.23 bits per heavy atom. The average molecular weight is 431 g/mol. The standard InChI is InChI=1S/C23H35N5OS/c1-15-9-11-28(12-10-15)13-18-24-21(27(5)14-19(29)26-23(2,3)4)20-16-7-6-8-17(16)30-22(20)25-18/h15H,6-14H2,1-5H3,(H,26,29)/p+1. The second-order valence-electron chi connectivity index (χ2n) is 10.3. The lowest BCUT2D eigenvalue weighted by atomic mass is 9.99. The highest BCUT2D eigenvalue weighted by molar-refractivity contribution is 7.19. The molecule has 1 aliphatic heterocycles. The molecule has 0 aromatic carbocycles. The van der Waals surface area contributed by atoms with Crippen molar-refractivity contribution in [2.45, 2.75) is 71.9 Å². The van der Waals surface area contributed by atoms with Crippen LogP contribution >= 0.6 is 11.3 Å². The van der Waals surface area contributed by atoms with E-state index in [9.17, 15) is 4.79 Å². The van der Waals surface area contributed by atoms with Gasteiger partial charge in [-0.25, -0.2) is 9.97 Å². The van der Waals surface area contributed by atoms with Crippen molar-refractivity contribution < 1.29 is 9.69 Å². The average Bonchev–Trinajstić information content (AvgIpc) is 3.22. The zero-order valence-corrected chi connectivity index (χ0v) is 19.9. The third kappa shape index (κ3) is 4.78. The van der Waals surface area contributed by atoms with Crippen molar-refractivity contribution in [3.05, 3.63) is 16.3 Å². The normalized spacial score (nSPS) is 21.6. The predicted octanol–water partition coefficient (Wildman–Crippen LogP) is 2.35. The summed E-state index contributed by atoms with van der Waals surface area (Å²) in [5.41, 5.74) is 1.18. The zero-order valence-electron chi connectivity index (χ0n) is 19.1. The number of nitrogens with one attached hydrogen (secondary N) is 2. The van der Waals surface area contributed by atoms with E-state index in [1.165, 1.54) is 48.2 Å². The Labute approximate surface area is 184 Å². The van der Waals surface area contributed by atoms with Crippen molar-refractivity contribution in [1.82, 2.24) is 15.3 Å². The van der Waals surface area contributed by atoms with E-state index in [2.05, 4.69) is 12.2 Å². The van der Waals surface area contributed by atoms with Crippen molar-refractivity contribution in [2.75, 3.05) is 31.6 Å². The maximum atomic E-state index is 12.6. The number of carbonyl (C=O) groups is 1. The number of hydrogen-bond acceptors (Lipinski definition) is 5. The summed E-state index contributed by atoms with van der Waals surface area (Å²) in [7, 11) is 1.99.